The van der Waals surface area contributed by atoms with E-state index < -0.39 is 0 Å². The van der Waals surface area contributed by atoms with Crippen LogP contribution in [0.15, 0.2) is 37.2 Å². The van der Waals surface area contributed by atoms with Crippen LogP contribution in [-0.4, -0.2) is 27.6 Å². The number of aromatic nitrogens is 3. The predicted octanol–water partition coefficient (Wildman–Crippen LogP) is 1.82. The summed E-state index contributed by atoms with van der Waals surface area (Å²) in [5.74, 6) is 0. The number of anilines is 2. The van der Waals surface area contributed by atoms with Crippen LogP contribution in [0.5, 0.6) is 0 Å². The van der Waals surface area contributed by atoms with Gasteiger partial charge in [0.1, 0.15) is 0 Å². The molecule has 90 valence electrons. The van der Waals surface area contributed by atoms with E-state index >= 15 is 0 Å². The minimum Gasteiger partial charge on any atom is -0.387 e. The van der Waals surface area contributed by atoms with Crippen LogP contribution in [0.2, 0.25) is 0 Å². The van der Waals surface area contributed by atoms with Crippen LogP contribution in [-0.2, 0) is 6.54 Å². The number of nitrogens with zero attached hydrogens (tertiary/aromatic N) is 3. The molecular weight excluding hydrogens is 214 g/mol. The second-order valence-electron chi connectivity index (χ2n) is 4.02. The number of pyridine rings is 1. The van der Waals surface area contributed by atoms with Crippen LogP contribution in [0.3, 0.4) is 0 Å². The van der Waals surface area contributed by atoms with Gasteiger partial charge in [0.25, 0.3) is 0 Å². The van der Waals surface area contributed by atoms with E-state index in [1.54, 1.807) is 12.4 Å². The topological polar surface area (TPSA) is 54.8 Å². The average Bonchev–Trinajstić information content (AvgIpc) is 2.82. The van der Waals surface area contributed by atoms with E-state index in [2.05, 4.69) is 27.5 Å². The first-order chi connectivity index (χ1) is 8.28. The highest BCUT2D eigenvalue weighted by atomic mass is 15.1. The summed E-state index contributed by atoms with van der Waals surface area (Å²) in [7, 11) is 1.88. The number of rotatable bonds is 5. The van der Waals surface area contributed by atoms with Gasteiger partial charge in [0.05, 0.1) is 30.1 Å². The summed E-state index contributed by atoms with van der Waals surface area (Å²) in [5.41, 5.74) is 2.02. The molecule has 0 saturated carbocycles. The SMILES string of the molecule is CNc1cncc(NC(C)Cn2ccnc2)c1. The Morgan fingerprint density at radius 3 is 2.82 bits per heavy atom. The lowest BCUT2D eigenvalue weighted by Crippen LogP contribution is -2.21. The summed E-state index contributed by atoms with van der Waals surface area (Å²) < 4.78 is 2.05. The highest BCUT2D eigenvalue weighted by Crippen LogP contribution is 2.13. The van der Waals surface area contributed by atoms with E-state index in [1.165, 1.54) is 0 Å². The van der Waals surface area contributed by atoms with E-state index in [0.29, 0.717) is 6.04 Å². The van der Waals surface area contributed by atoms with Gasteiger partial charge in [-0.25, -0.2) is 4.98 Å². The van der Waals surface area contributed by atoms with E-state index in [-0.39, 0.29) is 0 Å². The number of hydrogen-bond acceptors (Lipinski definition) is 4. The molecule has 0 amide bonds. The van der Waals surface area contributed by atoms with Gasteiger partial charge in [-0.2, -0.15) is 0 Å². The molecule has 2 rings (SSSR count). The number of hydrogen-bond donors (Lipinski definition) is 2. The first-order valence-electron chi connectivity index (χ1n) is 5.63. The summed E-state index contributed by atoms with van der Waals surface area (Å²) >= 11 is 0. The van der Waals surface area contributed by atoms with Crippen molar-refractivity contribution < 1.29 is 0 Å². The lowest BCUT2D eigenvalue weighted by Gasteiger charge is -2.16. The zero-order chi connectivity index (χ0) is 12.1. The Labute approximate surface area is 101 Å². The van der Waals surface area contributed by atoms with Crippen molar-refractivity contribution in [3.8, 4) is 0 Å². The summed E-state index contributed by atoms with van der Waals surface area (Å²) in [5, 5.41) is 6.47. The lowest BCUT2D eigenvalue weighted by molar-refractivity contribution is 0.618. The van der Waals surface area contributed by atoms with Crippen LogP contribution in [0.25, 0.3) is 0 Å². The fourth-order valence-corrected chi connectivity index (χ4v) is 1.70. The van der Waals surface area contributed by atoms with Crippen molar-refractivity contribution in [1.29, 1.82) is 0 Å². The van der Waals surface area contributed by atoms with Gasteiger partial charge in [0.15, 0.2) is 0 Å². The monoisotopic (exact) mass is 231 g/mol. The predicted molar refractivity (Wildman–Crippen MR) is 69.1 cm³/mol. The molecule has 0 aliphatic heterocycles. The van der Waals surface area contributed by atoms with Crippen molar-refractivity contribution in [2.24, 2.45) is 0 Å². The molecule has 1 unspecified atom stereocenters. The van der Waals surface area contributed by atoms with E-state index in [9.17, 15) is 0 Å². The maximum Gasteiger partial charge on any atom is 0.0946 e. The van der Waals surface area contributed by atoms with Crippen LogP contribution in [0, 0.1) is 0 Å². The van der Waals surface area contributed by atoms with Crippen LogP contribution in [0.1, 0.15) is 6.92 Å². The molecule has 17 heavy (non-hydrogen) atoms. The molecule has 0 radical (unpaired) electrons. The standard InChI is InChI=1S/C12H17N5/c1-10(8-17-4-3-14-9-17)16-12-5-11(13-2)6-15-7-12/h3-7,9-10,13,16H,8H2,1-2H3. The van der Waals surface area contributed by atoms with Gasteiger partial charge in [-0.3, -0.25) is 4.98 Å². The fraction of sp³-hybridized carbons (Fsp3) is 0.333. The largest absolute Gasteiger partial charge is 0.387 e. The molecule has 0 fully saturated rings. The Morgan fingerprint density at radius 2 is 2.12 bits per heavy atom. The molecule has 1 atom stereocenters. The van der Waals surface area contributed by atoms with Gasteiger partial charge in [0.2, 0.25) is 0 Å². The molecule has 2 heterocycles. The number of imidazole rings is 1. The van der Waals surface area contributed by atoms with Gasteiger partial charge >= 0.3 is 0 Å². The van der Waals surface area contributed by atoms with Crippen molar-refractivity contribution in [1.82, 2.24) is 14.5 Å². The Bertz CT molecular complexity index is 452. The minimum atomic E-state index is 0.318. The first-order valence-corrected chi connectivity index (χ1v) is 5.63. The molecule has 0 aliphatic carbocycles. The van der Waals surface area contributed by atoms with Crippen molar-refractivity contribution >= 4 is 11.4 Å². The normalized spacial score (nSPS) is 12.1. The van der Waals surface area contributed by atoms with E-state index in [4.69, 9.17) is 0 Å². The molecular formula is C12H17N5. The molecule has 0 saturated heterocycles. The molecule has 0 bridgehead atoms. The lowest BCUT2D eigenvalue weighted by atomic mass is 10.3. The van der Waals surface area contributed by atoms with Crippen molar-refractivity contribution in [2.75, 3.05) is 17.7 Å². The smallest absolute Gasteiger partial charge is 0.0946 e. The van der Waals surface area contributed by atoms with Crippen molar-refractivity contribution in [2.45, 2.75) is 19.5 Å². The van der Waals surface area contributed by atoms with Crippen LogP contribution < -0.4 is 10.6 Å². The van der Waals surface area contributed by atoms with Gasteiger partial charge < -0.3 is 15.2 Å². The Hall–Kier alpha value is -2.04. The fourth-order valence-electron chi connectivity index (χ4n) is 1.70. The van der Waals surface area contributed by atoms with E-state index in [1.807, 2.05) is 36.4 Å². The Morgan fingerprint density at radius 1 is 1.29 bits per heavy atom. The third-order valence-electron chi connectivity index (χ3n) is 2.48. The number of nitrogens with one attached hydrogen (secondary N) is 2. The third kappa shape index (κ3) is 3.21. The molecule has 0 aromatic carbocycles. The summed E-state index contributed by atoms with van der Waals surface area (Å²) in [6, 6.07) is 2.36. The molecule has 0 aliphatic rings. The summed E-state index contributed by atoms with van der Waals surface area (Å²) in [6.07, 6.45) is 9.19. The van der Waals surface area contributed by atoms with Gasteiger partial charge in [-0.15, -0.1) is 0 Å². The summed E-state index contributed by atoms with van der Waals surface area (Å²) in [4.78, 5) is 8.18. The van der Waals surface area contributed by atoms with Gasteiger partial charge in [0, 0.05) is 32.0 Å². The highest BCUT2D eigenvalue weighted by molar-refractivity contribution is 5.53. The molecule has 2 aromatic rings. The van der Waals surface area contributed by atoms with Gasteiger partial charge in [-0.05, 0) is 13.0 Å². The zero-order valence-corrected chi connectivity index (χ0v) is 10.1. The molecule has 5 heteroatoms. The Balaban J connectivity index is 1.95. The summed E-state index contributed by atoms with van der Waals surface area (Å²) in [6.45, 7) is 3.01. The van der Waals surface area contributed by atoms with Crippen LogP contribution in [0.4, 0.5) is 11.4 Å². The van der Waals surface area contributed by atoms with Gasteiger partial charge in [-0.1, -0.05) is 0 Å². The van der Waals surface area contributed by atoms with Crippen LogP contribution >= 0.6 is 0 Å². The maximum atomic E-state index is 4.16. The minimum absolute atomic E-state index is 0.318. The zero-order valence-electron chi connectivity index (χ0n) is 10.1. The molecule has 5 nitrogen and oxygen atoms in total. The van der Waals surface area contributed by atoms with Crippen molar-refractivity contribution in [3.63, 3.8) is 0 Å². The molecule has 0 spiro atoms. The Kier molecular flexibility index (Phi) is 3.59. The third-order valence-corrected chi connectivity index (χ3v) is 2.48. The average molecular weight is 231 g/mol. The van der Waals surface area contributed by atoms with E-state index in [0.717, 1.165) is 17.9 Å². The molecule has 2 aromatic heterocycles. The first kappa shape index (κ1) is 11.4. The molecule has 2 N–H and O–H groups in total. The maximum absolute atomic E-state index is 4.16. The quantitative estimate of drug-likeness (QED) is 0.824. The highest BCUT2D eigenvalue weighted by Gasteiger charge is 2.03. The second-order valence-corrected chi connectivity index (χ2v) is 4.02. The van der Waals surface area contributed by atoms with Crippen molar-refractivity contribution in [3.05, 3.63) is 37.2 Å². The second kappa shape index (κ2) is 5.34.